The van der Waals surface area contributed by atoms with Crippen LogP contribution in [0.1, 0.15) is 10.4 Å². The molecule has 1 aromatic rings. The van der Waals surface area contributed by atoms with Crippen molar-refractivity contribution in [1.29, 1.82) is 0 Å². The first-order chi connectivity index (χ1) is 15.3. The number of nitrogens with two attached hydrogens (primary N) is 2. The number of rotatable bonds is 16. The average molecular weight is 452 g/mol. The summed E-state index contributed by atoms with van der Waals surface area (Å²) in [5.41, 5.74) is 10.3. The maximum atomic E-state index is 12.0. The van der Waals surface area contributed by atoms with Gasteiger partial charge in [0.25, 0.3) is 0 Å². The van der Waals surface area contributed by atoms with Crippen LogP contribution < -0.4 is 16.2 Å². The van der Waals surface area contributed by atoms with Crippen LogP contribution in [-0.2, 0) is 33.3 Å². The van der Waals surface area contributed by atoms with Crippen molar-refractivity contribution in [3.05, 3.63) is 54.4 Å². The fraction of sp³-hybridized carbons (Fsp3) is 0.381. The van der Waals surface area contributed by atoms with E-state index in [2.05, 4.69) is 13.2 Å². The van der Waals surface area contributed by atoms with Gasteiger partial charge in [-0.25, -0.2) is 14.4 Å². The molecular formula is C21H28N2O9. The zero-order valence-electron chi connectivity index (χ0n) is 17.7. The van der Waals surface area contributed by atoms with E-state index in [4.69, 9.17) is 39.9 Å². The minimum atomic E-state index is -0.697. The normalized spacial score (nSPS) is 10.1. The van der Waals surface area contributed by atoms with Crippen molar-refractivity contribution in [3.63, 3.8) is 0 Å². The maximum absolute atomic E-state index is 12.0. The number of hydrogen-bond donors (Lipinski definition) is 2. The molecule has 0 aliphatic carbocycles. The lowest BCUT2D eigenvalue weighted by atomic mass is 10.2. The van der Waals surface area contributed by atoms with Gasteiger partial charge in [-0.15, -0.1) is 0 Å². The summed E-state index contributed by atoms with van der Waals surface area (Å²) in [7, 11) is 0. The highest BCUT2D eigenvalue weighted by atomic mass is 16.6. The summed E-state index contributed by atoms with van der Waals surface area (Å²) in [6, 6.07) is 6.39. The van der Waals surface area contributed by atoms with Crippen molar-refractivity contribution in [2.75, 3.05) is 52.9 Å². The monoisotopic (exact) mass is 452 g/mol. The summed E-state index contributed by atoms with van der Waals surface area (Å²) in [4.78, 5) is 34.1. The fourth-order valence-electron chi connectivity index (χ4n) is 1.96. The van der Waals surface area contributed by atoms with Crippen LogP contribution in [0.4, 0.5) is 0 Å². The molecule has 0 fully saturated rings. The SMILES string of the molecule is C=C(N)C(=O)OCCOCCOC(=O)c1ccc(OCCOCCOC(=O)C(=C)N)cc1. The summed E-state index contributed by atoms with van der Waals surface area (Å²) >= 11 is 0. The van der Waals surface area contributed by atoms with Gasteiger partial charge < -0.3 is 39.9 Å². The van der Waals surface area contributed by atoms with Gasteiger partial charge >= 0.3 is 17.9 Å². The van der Waals surface area contributed by atoms with E-state index in [0.717, 1.165) is 0 Å². The van der Waals surface area contributed by atoms with E-state index < -0.39 is 17.9 Å². The van der Waals surface area contributed by atoms with Gasteiger partial charge in [-0.2, -0.15) is 0 Å². The second-order valence-electron chi connectivity index (χ2n) is 6.06. The van der Waals surface area contributed by atoms with E-state index in [1.165, 1.54) is 0 Å². The minimum Gasteiger partial charge on any atom is -0.491 e. The third-order valence-electron chi connectivity index (χ3n) is 3.49. The van der Waals surface area contributed by atoms with Crippen LogP contribution in [0.3, 0.4) is 0 Å². The Kier molecular flexibility index (Phi) is 12.6. The van der Waals surface area contributed by atoms with Crippen LogP contribution in [0, 0.1) is 0 Å². The number of esters is 3. The van der Waals surface area contributed by atoms with Gasteiger partial charge in [0, 0.05) is 0 Å². The van der Waals surface area contributed by atoms with E-state index in [0.29, 0.717) is 11.3 Å². The van der Waals surface area contributed by atoms with Gasteiger partial charge in [-0.05, 0) is 24.3 Å². The number of benzene rings is 1. The smallest absolute Gasteiger partial charge is 0.353 e. The molecule has 4 N–H and O–H groups in total. The zero-order valence-corrected chi connectivity index (χ0v) is 17.7. The topological polar surface area (TPSA) is 159 Å². The Morgan fingerprint density at radius 1 is 0.656 bits per heavy atom. The first kappa shape index (κ1) is 26.5. The van der Waals surface area contributed by atoms with Gasteiger partial charge in [0.15, 0.2) is 0 Å². The molecule has 11 nitrogen and oxygen atoms in total. The Bertz CT molecular complexity index is 778. The minimum absolute atomic E-state index is 0.0212. The molecule has 0 unspecified atom stereocenters. The van der Waals surface area contributed by atoms with Crippen molar-refractivity contribution in [3.8, 4) is 5.75 Å². The lowest BCUT2D eigenvalue weighted by Gasteiger charge is -2.09. The Morgan fingerprint density at radius 2 is 1.09 bits per heavy atom. The summed E-state index contributed by atoms with van der Waals surface area (Å²) in [6.07, 6.45) is 0. The Labute approximate surface area is 185 Å². The second kappa shape index (κ2) is 15.3. The van der Waals surface area contributed by atoms with Gasteiger partial charge in [0.1, 0.15) is 43.6 Å². The quantitative estimate of drug-likeness (QED) is 0.154. The molecule has 0 aliphatic rings. The number of ether oxygens (including phenoxy) is 6. The lowest BCUT2D eigenvalue weighted by molar-refractivity contribution is -0.141. The number of hydrogen-bond acceptors (Lipinski definition) is 11. The summed E-state index contributed by atoms with van der Waals surface area (Å²) in [6.45, 7) is 7.68. The number of carbonyl (C=O) groups is 3. The Hall–Kier alpha value is -3.57. The highest BCUT2D eigenvalue weighted by molar-refractivity contribution is 5.89. The van der Waals surface area contributed by atoms with E-state index in [-0.39, 0.29) is 64.2 Å². The third kappa shape index (κ3) is 11.6. The highest BCUT2D eigenvalue weighted by Crippen LogP contribution is 2.13. The standard InChI is InChI=1S/C21H28N2O9/c1-15(22)19(24)30-12-8-27-7-11-29-18-5-3-17(4-6-18)21(26)32-14-10-28-9-13-31-20(25)16(2)23/h3-6H,1-2,7-14,22-23H2. The molecule has 0 aromatic heterocycles. The molecule has 0 bridgehead atoms. The predicted molar refractivity (Wildman–Crippen MR) is 112 cm³/mol. The molecule has 0 amide bonds. The van der Waals surface area contributed by atoms with Gasteiger partial charge in [0.05, 0.1) is 32.0 Å². The Morgan fingerprint density at radius 3 is 1.56 bits per heavy atom. The molecule has 1 aromatic carbocycles. The molecule has 11 heteroatoms. The van der Waals surface area contributed by atoms with Gasteiger partial charge in [0.2, 0.25) is 0 Å². The molecule has 0 spiro atoms. The molecule has 176 valence electrons. The van der Waals surface area contributed by atoms with Crippen molar-refractivity contribution in [2.24, 2.45) is 11.5 Å². The van der Waals surface area contributed by atoms with Crippen LogP contribution in [0.2, 0.25) is 0 Å². The van der Waals surface area contributed by atoms with Gasteiger partial charge in [-0.1, -0.05) is 13.2 Å². The van der Waals surface area contributed by atoms with E-state index in [9.17, 15) is 14.4 Å². The molecule has 0 saturated heterocycles. The summed E-state index contributed by atoms with van der Waals surface area (Å²) in [5, 5.41) is 0. The molecule has 0 atom stereocenters. The van der Waals surface area contributed by atoms with Gasteiger partial charge in [-0.3, -0.25) is 0 Å². The van der Waals surface area contributed by atoms with Crippen molar-refractivity contribution >= 4 is 17.9 Å². The van der Waals surface area contributed by atoms with Crippen LogP contribution >= 0.6 is 0 Å². The van der Waals surface area contributed by atoms with Crippen molar-refractivity contribution in [1.82, 2.24) is 0 Å². The Balaban J connectivity index is 2.11. The molecule has 1 rings (SSSR count). The highest BCUT2D eigenvalue weighted by Gasteiger charge is 2.08. The molecule has 0 radical (unpaired) electrons. The van der Waals surface area contributed by atoms with Crippen LogP contribution in [0.25, 0.3) is 0 Å². The first-order valence-corrected chi connectivity index (χ1v) is 9.59. The van der Waals surface area contributed by atoms with Crippen molar-refractivity contribution in [2.45, 2.75) is 0 Å². The fourth-order valence-corrected chi connectivity index (χ4v) is 1.96. The van der Waals surface area contributed by atoms with E-state index in [1.54, 1.807) is 24.3 Å². The van der Waals surface area contributed by atoms with Crippen LogP contribution in [0.5, 0.6) is 5.75 Å². The molecule has 0 aliphatic heterocycles. The molecule has 0 saturated carbocycles. The van der Waals surface area contributed by atoms with Crippen LogP contribution in [0.15, 0.2) is 48.8 Å². The second-order valence-corrected chi connectivity index (χ2v) is 6.06. The molecular weight excluding hydrogens is 424 g/mol. The summed E-state index contributed by atoms with van der Waals surface area (Å²) in [5.74, 6) is -1.33. The van der Waals surface area contributed by atoms with Crippen molar-refractivity contribution < 1.29 is 42.8 Å². The van der Waals surface area contributed by atoms with E-state index >= 15 is 0 Å². The largest absolute Gasteiger partial charge is 0.491 e. The van der Waals surface area contributed by atoms with E-state index in [1.807, 2.05) is 0 Å². The third-order valence-corrected chi connectivity index (χ3v) is 3.49. The van der Waals surface area contributed by atoms with Crippen LogP contribution in [-0.4, -0.2) is 70.8 Å². The summed E-state index contributed by atoms with van der Waals surface area (Å²) < 4.78 is 30.5. The zero-order chi connectivity index (χ0) is 23.8. The predicted octanol–water partition coefficient (Wildman–Crippen LogP) is 0.287. The molecule has 0 heterocycles. The average Bonchev–Trinajstić information content (AvgIpc) is 2.77. The first-order valence-electron chi connectivity index (χ1n) is 9.59. The molecule has 32 heavy (non-hydrogen) atoms. The lowest BCUT2D eigenvalue weighted by Crippen LogP contribution is -2.17. The number of carbonyl (C=O) groups excluding carboxylic acids is 3. The maximum Gasteiger partial charge on any atom is 0.353 e.